The Hall–Kier alpha value is -3.16. The van der Waals surface area contributed by atoms with Gasteiger partial charge in [0.05, 0.1) is 24.8 Å². The lowest BCUT2D eigenvalue weighted by Gasteiger charge is -2.34. The fourth-order valence-electron chi connectivity index (χ4n) is 3.52. The van der Waals surface area contributed by atoms with Gasteiger partial charge in [-0.1, -0.05) is 11.8 Å². The van der Waals surface area contributed by atoms with E-state index in [2.05, 4.69) is 25.7 Å². The van der Waals surface area contributed by atoms with Gasteiger partial charge in [-0.25, -0.2) is 8.42 Å². The van der Waals surface area contributed by atoms with Crippen molar-refractivity contribution in [2.75, 3.05) is 55.5 Å². The Labute approximate surface area is 202 Å². The summed E-state index contributed by atoms with van der Waals surface area (Å²) < 4.78 is 31.6. The number of carbonyl (C=O) groups is 1. The van der Waals surface area contributed by atoms with Crippen molar-refractivity contribution in [1.82, 2.24) is 24.5 Å². The number of amides is 1. The highest BCUT2D eigenvalue weighted by Gasteiger charge is 2.23. The molecule has 1 aliphatic rings. The van der Waals surface area contributed by atoms with Crippen molar-refractivity contribution < 1.29 is 17.9 Å². The molecule has 0 aliphatic carbocycles. The van der Waals surface area contributed by atoms with E-state index in [0.29, 0.717) is 37.0 Å². The highest BCUT2D eigenvalue weighted by atomic mass is 32.2. The maximum Gasteiger partial charge on any atom is 0.234 e. The molecule has 4 rings (SSSR count). The van der Waals surface area contributed by atoms with Gasteiger partial charge in [0.1, 0.15) is 5.75 Å². The molecule has 0 saturated carbocycles. The summed E-state index contributed by atoms with van der Waals surface area (Å²) in [5, 5.41) is 15.1. The molecule has 1 N–H and O–H groups in total. The van der Waals surface area contributed by atoms with Crippen LogP contribution in [0.1, 0.15) is 0 Å². The summed E-state index contributed by atoms with van der Waals surface area (Å²) in [4.78, 5) is 14.6. The van der Waals surface area contributed by atoms with Crippen LogP contribution in [0.15, 0.2) is 53.7 Å². The van der Waals surface area contributed by atoms with Gasteiger partial charge in [-0.15, -0.1) is 5.10 Å². The summed E-state index contributed by atoms with van der Waals surface area (Å²) in [6.07, 6.45) is 1.23. The number of methoxy groups -OCH3 is 1. The molecule has 11 nitrogen and oxygen atoms in total. The Morgan fingerprint density at radius 3 is 2.29 bits per heavy atom. The number of piperazine rings is 1. The minimum atomic E-state index is -3.16. The Morgan fingerprint density at radius 2 is 1.68 bits per heavy atom. The summed E-state index contributed by atoms with van der Waals surface area (Å²) in [6, 6.07) is 14.8. The number of rotatable bonds is 8. The minimum absolute atomic E-state index is 0.145. The van der Waals surface area contributed by atoms with E-state index in [9.17, 15) is 13.2 Å². The average molecular weight is 504 g/mol. The summed E-state index contributed by atoms with van der Waals surface area (Å²) in [7, 11) is -1.56. The molecule has 1 aromatic heterocycles. The number of nitrogens with zero attached hydrogens (tertiary/aromatic N) is 6. The SMILES string of the molecule is COc1ccc(-n2nnnc2SCC(=O)Nc2ccc(N3CCN(S(C)(=O)=O)CC3)cc2)cc1. The van der Waals surface area contributed by atoms with Gasteiger partial charge in [-0.05, 0) is 59.0 Å². The van der Waals surface area contributed by atoms with Crippen LogP contribution >= 0.6 is 11.8 Å². The maximum atomic E-state index is 12.5. The average Bonchev–Trinajstić information content (AvgIpc) is 3.31. The molecular formula is C21H25N7O4S2. The molecule has 180 valence electrons. The molecular weight excluding hydrogens is 478 g/mol. The van der Waals surface area contributed by atoms with Crippen molar-refractivity contribution in [3.8, 4) is 11.4 Å². The van der Waals surface area contributed by atoms with Crippen LogP contribution in [0.3, 0.4) is 0 Å². The molecule has 2 heterocycles. The zero-order chi connectivity index (χ0) is 24.1. The molecule has 2 aromatic carbocycles. The molecule has 1 aliphatic heterocycles. The molecule has 1 saturated heterocycles. The second-order valence-electron chi connectivity index (χ2n) is 7.60. The number of nitrogens with one attached hydrogen (secondary N) is 1. The molecule has 0 atom stereocenters. The van der Waals surface area contributed by atoms with Crippen molar-refractivity contribution in [1.29, 1.82) is 0 Å². The van der Waals surface area contributed by atoms with Gasteiger partial charge in [0.25, 0.3) is 0 Å². The van der Waals surface area contributed by atoms with E-state index in [1.54, 1.807) is 11.8 Å². The smallest absolute Gasteiger partial charge is 0.234 e. The van der Waals surface area contributed by atoms with Crippen LogP contribution in [0.5, 0.6) is 5.75 Å². The second-order valence-corrected chi connectivity index (χ2v) is 10.5. The number of anilines is 2. The van der Waals surface area contributed by atoms with Crippen LogP contribution in [-0.4, -0.2) is 84.1 Å². The van der Waals surface area contributed by atoms with Gasteiger partial charge in [0.2, 0.25) is 21.1 Å². The van der Waals surface area contributed by atoms with Gasteiger partial charge in [0.15, 0.2) is 0 Å². The first-order valence-corrected chi connectivity index (χ1v) is 13.3. The third kappa shape index (κ3) is 5.85. The topological polar surface area (TPSA) is 123 Å². The zero-order valence-electron chi connectivity index (χ0n) is 18.8. The molecule has 0 unspecified atom stereocenters. The molecule has 1 amide bonds. The molecule has 0 radical (unpaired) electrons. The highest BCUT2D eigenvalue weighted by Crippen LogP contribution is 2.22. The lowest BCUT2D eigenvalue weighted by molar-refractivity contribution is -0.113. The van der Waals surface area contributed by atoms with E-state index >= 15 is 0 Å². The van der Waals surface area contributed by atoms with E-state index < -0.39 is 10.0 Å². The van der Waals surface area contributed by atoms with Crippen molar-refractivity contribution >= 4 is 39.1 Å². The van der Waals surface area contributed by atoms with Crippen LogP contribution in [0.4, 0.5) is 11.4 Å². The minimum Gasteiger partial charge on any atom is -0.497 e. The normalized spacial score (nSPS) is 14.7. The number of sulfonamides is 1. The van der Waals surface area contributed by atoms with Crippen molar-refractivity contribution in [3.63, 3.8) is 0 Å². The summed E-state index contributed by atoms with van der Waals surface area (Å²) in [5.74, 6) is 0.697. The molecule has 3 aromatic rings. The first-order chi connectivity index (χ1) is 16.3. The molecule has 1 fully saturated rings. The summed E-state index contributed by atoms with van der Waals surface area (Å²) >= 11 is 1.24. The molecule has 34 heavy (non-hydrogen) atoms. The van der Waals surface area contributed by atoms with Gasteiger partial charge in [-0.3, -0.25) is 4.79 Å². The number of hydrogen-bond acceptors (Lipinski definition) is 9. The number of benzene rings is 2. The van der Waals surface area contributed by atoms with E-state index in [4.69, 9.17) is 4.74 Å². The van der Waals surface area contributed by atoms with E-state index in [0.717, 1.165) is 17.1 Å². The van der Waals surface area contributed by atoms with Crippen LogP contribution in [-0.2, 0) is 14.8 Å². The highest BCUT2D eigenvalue weighted by molar-refractivity contribution is 7.99. The van der Waals surface area contributed by atoms with Gasteiger partial charge in [-0.2, -0.15) is 8.99 Å². The number of thioether (sulfide) groups is 1. The van der Waals surface area contributed by atoms with Crippen LogP contribution in [0.25, 0.3) is 5.69 Å². The third-order valence-corrected chi connectivity index (χ3v) is 7.54. The Kier molecular flexibility index (Phi) is 7.34. The van der Waals surface area contributed by atoms with Crippen LogP contribution < -0.4 is 15.0 Å². The van der Waals surface area contributed by atoms with Crippen LogP contribution in [0.2, 0.25) is 0 Å². The predicted molar refractivity (Wildman–Crippen MR) is 130 cm³/mol. The zero-order valence-corrected chi connectivity index (χ0v) is 20.4. The lowest BCUT2D eigenvalue weighted by atomic mass is 10.2. The summed E-state index contributed by atoms with van der Waals surface area (Å²) in [5.41, 5.74) is 2.43. The first-order valence-electron chi connectivity index (χ1n) is 10.5. The standard InChI is InChI=1S/C21H25N7O4S2/c1-32-19-9-7-18(8-10-19)28-21(23-24-25-28)33-15-20(29)22-16-3-5-17(6-4-16)26-11-13-27(14-12-26)34(2,30)31/h3-10H,11-15H2,1-2H3,(H,22,29). The fraction of sp³-hybridized carbons (Fsp3) is 0.333. The predicted octanol–water partition coefficient (Wildman–Crippen LogP) is 1.48. The van der Waals surface area contributed by atoms with E-state index in [1.165, 1.54) is 22.3 Å². The van der Waals surface area contributed by atoms with Crippen molar-refractivity contribution in [2.45, 2.75) is 5.16 Å². The van der Waals surface area contributed by atoms with Gasteiger partial charge in [0, 0.05) is 37.6 Å². The molecule has 13 heteroatoms. The molecule has 0 spiro atoms. The van der Waals surface area contributed by atoms with Gasteiger partial charge < -0.3 is 15.0 Å². The van der Waals surface area contributed by atoms with Crippen LogP contribution in [0, 0.1) is 0 Å². The second kappa shape index (κ2) is 10.4. The van der Waals surface area contributed by atoms with Crippen molar-refractivity contribution in [2.24, 2.45) is 0 Å². The number of ether oxygens (including phenoxy) is 1. The Morgan fingerprint density at radius 1 is 1.03 bits per heavy atom. The monoisotopic (exact) mass is 503 g/mol. The largest absolute Gasteiger partial charge is 0.497 e. The molecule has 0 bridgehead atoms. The quantitative estimate of drug-likeness (QED) is 0.455. The number of hydrogen-bond donors (Lipinski definition) is 1. The van der Waals surface area contributed by atoms with E-state index in [-0.39, 0.29) is 11.7 Å². The van der Waals surface area contributed by atoms with E-state index in [1.807, 2.05) is 48.5 Å². The maximum absolute atomic E-state index is 12.5. The lowest BCUT2D eigenvalue weighted by Crippen LogP contribution is -2.48. The fourth-order valence-corrected chi connectivity index (χ4v) is 5.03. The number of tetrazole rings is 1. The Bertz CT molecular complexity index is 1220. The third-order valence-electron chi connectivity index (χ3n) is 5.31. The number of aromatic nitrogens is 4. The van der Waals surface area contributed by atoms with Gasteiger partial charge >= 0.3 is 0 Å². The summed E-state index contributed by atoms with van der Waals surface area (Å²) in [6.45, 7) is 2.17. The first kappa shape index (κ1) is 24.0. The Balaban J connectivity index is 1.29. The number of carbonyl (C=O) groups excluding carboxylic acids is 1. The van der Waals surface area contributed by atoms with Crippen molar-refractivity contribution in [3.05, 3.63) is 48.5 Å².